The van der Waals surface area contributed by atoms with Crippen LogP contribution in [0.2, 0.25) is 0 Å². The molecule has 2 aromatic rings. The number of carbonyl (C=O) groups excluding carboxylic acids is 1. The molecule has 6 heteroatoms. The first-order valence-corrected chi connectivity index (χ1v) is 8.08. The largest absolute Gasteiger partial charge is 0.383 e. The van der Waals surface area contributed by atoms with Crippen LogP contribution in [0.25, 0.3) is 11.0 Å². The fraction of sp³-hybridized carbons (Fsp3) is 0.500. The molecule has 0 radical (unpaired) electrons. The number of methoxy groups -OCH3 is 1. The van der Waals surface area contributed by atoms with Gasteiger partial charge in [-0.15, -0.1) is 0 Å². The molecule has 5 nitrogen and oxygen atoms in total. The van der Waals surface area contributed by atoms with Gasteiger partial charge in [-0.05, 0) is 17.9 Å². The topological polar surface area (TPSA) is 47.4 Å². The standard InChI is InChI=1S/C16H23N3O2S/c1-18(16(20)8-12-22)9-7-15-17-13-5-3-4-6-14(13)19(15)10-11-21-2/h3-6,22H,7-12H2,1-2H3. The predicted molar refractivity (Wildman–Crippen MR) is 91.4 cm³/mol. The number of fused-ring (bicyclic) bond motifs is 1. The highest BCUT2D eigenvalue weighted by Crippen LogP contribution is 2.16. The Bertz CT molecular complexity index is 627. The number of carbonyl (C=O) groups is 1. The Morgan fingerprint density at radius 2 is 2.18 bits per heavy atom. The molecular weight excluding hydrogens is 298 g/mol. The lowest BCUT2D eigenvalue weighted by Gasteiger charge is -2.17. The fourth-order valence-electron chi connectivity index (χ4n) is 2.43. The number of aromatic nitrogens is 2. The van der Waals surface area contributed by atoms with Gasteiger partial charge in [0.2, 0.25) is 5.91 Å². The van der Waals surface area contributed by atoms with Crippen molar-refractivity contribution in [3.05, 3.63) is 30.1 Å². The van der Waals surface area contributed by atoms with Crippen molar-refractivity contribution >= 4 is 29.6 Å². The van der Waals surface area contributed by atoms with E-state index in [0.29, 0.717) is 25.3 Å². The number of rotatable bonds is 8. The molecule has 0 N–H and O–H groups in total. The van der Waals surface area contributed by atoms with Crippen LogP contribution in [-0.2, 0) is 22.5 Å². The highest BCUT2D eigenvalue weighted by Gasteiger charge is 2.13. The summed E-state index contributed by atoms with van der Waals surface area (Å²) in [4.78, 5) is 18.3. The Balaban J connectivity index is 2.14. The van der Waals surface area contributed by atoms with Crippen LogP contribution in [0.3, 0.4) is 0 Å². The number of nitrogens with zero attached hydrogens (tertiary/aromatic N) is 3. The average Bonchev–Trinajstić information content (AvgIpc) is 2.88. The quantitative estimate of drug-likeness (QED) is 0.757. The van der Waals surface area contributed by atoms with E-state index in [9.17, 15) is 4.79 Å². The first-order chi connectivity index (χ1) is 10.7. The van der Waals surface area contributed by atoms with Crippen LogP contribution in [0.5, 0.6) is 0 Å². The molecule has 0 aliphatic carbocycles. The summed E-state index contributed by atoms with van der Waals surface area (Å²) in [6.07, 6.45) is 1.20. The maximum atomic E-state index is 11.8. The molecule has 1 aromatic carbocycles. The van der Waals surface area contributed by atoms with E-state index in [2.05, 4.69) is 23.3 Å². The lowest BCUT2D eigenvalue weighted by Crippen LogP contribution is -2.29. The number of ether oxygens (including phenoxy) is 1. The van der Waals surface area contributed by atoms with Gasteiger partial charge in [-0.1, -0.05) is 12.1 Å². The molecule has 0 bridgehead atoms. The van der Waals surface area contributed by atoms with Gasteiger partial charge in [-0.25, -0.2) is 4.98 Å². The van der Waals surface area contributed by atoms with E-state index >= 15 is 0 Å². The van der Waals surface area contributed by atoms with Crippen molar-refractivity contribution in [1.82, 2.24) is 14.5 Å². The number of likely N-dealkylation sites (N-methyl/N-ethyl adjacent to an activating group) is 1. The van der Waals surface area contributed by atoms with Crippen LogP contribution in [0.4, 0.5) is 0 Å². The Hall–Kier alpha value is -1.53. The zero-order valence-corrected chi connectivity index (χ0v) is 14.1. The number of para-hydroxylation sites is 2. The van der Waals surface area contributed by atoms with E-state index in [-0.39, 0.29) is 5.91 Å². The molecule has 0 spiro atoms. The van der Waals surface area contributed by atoms with Gasteiger partial charge in [0.15, 0.2) is 0 Å². The van der Waals surface area contributed by atoms with Gasteiger partial charge in [0, 0.05) is 40.1 Å². The number of thiol groups is 1. The van der Waals surface area contributed by atoms with E-state index in [1.54, 1.807) is 12.0 Å². The van der Waals surface area contributed by atoms with E-state index in [1.807, 2.05) is 25.2 Å². The summed E-state index contributed by atoms with van der Waals surface area (Å²) >= 11 is 4.10. The minimum absolute atomic E-state index is 0.120. The zero-order chi connectivity index (χ0) is 15.9. The van der Waals surface area contributed by atoms with E-state index < -0.39 is 0 Å². The van der Waals surface area contributed by atoms with Crippen LogP contribution < -0.4 is 0 Å². The van der Waals surface area contributed by atoms with Gasteiger partial charge >= 0.3 is 0 Å². The van der Waals surface area contributed by atoms with Crippen molar-refractivity contribution in [3.63, 3.8) is 0 Å². The van der Waals surface area contributed by atoms with Crippen molar-refractivity contribution in [2.45, 2.75) is 19.4 Å². The molecule has 22 heavy (non-hydrogen) atoms. The summed E-state index contributed by atoms with van der Waals surface area (Å²) in [7, 11) is 3.52. The number of benzene rings is 1. The lowest BCUT2D eigenvalue weighted by atomic mass is 10.3. The third kappa shape index (κ3) is 4.01. The summed E-state index contributed by atoms with van der Waals surface area (Å²) < 4.78 is 7.37. The molecule has 1 amide bonds. The molecule has 0 aliphatic heterocycles. The normalized spacial score (nSPS) is 11.0. The molecule has 0 fully saturated rings. The zero-order valence-electron chi connectivity index (χ0n) is 13.2. The van der Waals surface area contributed by atoms with Crippen molar-refractivity contribution < 1.29 is 9.53 Å². The van der Waals surface area contributed by atoms with E-state index in [1.165, 1.54) is 0 Å². The van der Waals surface area contributed by atoms with Crippen molar-refractivity contribution in [1.29, 1.82) is 0 Å². The van der Waals surface area contributed by atoms with Crippen molar-refractivity contribution in [2.75, 3.05) is 33.1 Å². The Morgan fingerprint density at radius 1 is 1.41 bits per heavy atom. The Kier molecular flexibility index (Phi) is 6.27. The average molecular weight is 321 g/mol. The van der Waals surface area contributed by atoms with Crippen molar-refractivity contribution in [2.24, 2.45) is 0 Å². The fourth-order valence-corrected chi connectivity index (χ4v) is 2.62. The second-order valence-electron chi connectivity index (χ2n) is 5.20. The minimum Gasteiger partial charge on any atom is -0.383 e. The third-order valence-electron chi connectivity index (χ3n) is 3.67. The number of amides is 1. The van der Waals surface area contributed by atoms with Crippen LogP contribution in [-0.4, -0.2) is 53.4 Å². The van der Waals surface area contributed by atoms with Gasteiger partial charge in [-0.2, -0.15) is 12.6 Å². The highest BCUT2D eigenvalue weighted by molar-refractivity contribution is 7.80. The van der Waals surface area contributed by atoms with E-state index in [0.717, 1.165) is 29.8 Å². The monoisotopic (exact) mass is 321 g/mol. The molecule has 2 rings (SSSR count). The molecule has 1 aromatic heterocycles. The lowest BCUT2D eigenvalue weighted by molar-refractivity contribution is -0.129. The highest BCUT2D eigenvalue weighted by atomic mass is 32.1. The van der Waals surface area contributed by atoms with E-state index in [4.69, 9.17) is 9.72 Å². The third-order valence-corrected chi connectivity index (χ3v) is 3.90. The molecule has 0 aliphatic rings. The molecule has 0 unspecified atom stereocenters. The number of hydrogen-bond acceptors (Lipinski definition) is 4. The summed E-state index contributed by atoms with van der Waals surface area (Å²) in [6.45, 7) is 2.06. The first kappa shape index (κ1) is 16.8. The maximum Gasteiger partial charge on any atom is 0.223 e. The van der Waals surface area contributed by atoms with Gasteiger partial charge in [0.25, 0.3) is 0 Å². The van der Waals surface area contributed by atoms with Gasteiger partial charge in [0.05, 0.1) is 17.6 Å². The minimum atomic E-state index is 0.120. The van der Waals surface area contributed by atoms with Crippen LogP contribution in [0, 0.1) is 0 Å². The second-order valence-corrected chi connectivity index (χ2v) is 5.65. The van der Waals surface area contributed by atoms with Crippen LogP contribution in [0.15, 0.2) is 24.3 Å². The Labute approximate surface area is 136 Å². The smallest absolute Gasteiger partial charge is 0.223 e. The van der Waals surface area contributed by atoms with Crippen molar-refractivity contribution in [3.8, 4) is 0 Å². The van der Waals surface area contributed by atoms with Gasteiger partial charge in [-0.3, -0.25) is 4.79 Å². The Morgan fingerprint density at radius 3 is 2.91 bits per heavy atom. The molecule has 0 saturated carbocycles. The summed E-state index contributed by atoms with van der Waals surface area (Å²) in [5.74, 6) is 1.69. The maximum absolute atomic E-state index is 11.8. The number of imidazole rings is 1. The molecule has 0 saturated heterocycles. The second kappa shape index (κ2) is 8.19. The van der Waals surface area contributed by atoms with Crippen LogP contribution >= 0.6 is 12.6 Å². The van der Waals surface area contributed by atoms with Gasteiger partial charge < -0.3 is 14.2 Å². The number of hydrogen-bond donors (Lipinski definition) is 1. The van der Waals surface area contributed by atoms with Crippen LogP contribution in [0.1, 0.15) is 12.2 Å². The first-order valence-electron chi connectivity index (χ1n) is 7.45. The molecular formula is C16H23N3O2S. The summed E-state index contributed by atoms with van der Waals surface area (Å²) in [5, 5.41) is 0. The SMILES string of the molecule is COCCn1c(CCN(C)C(=O)CCS)nc2ccccc21. The summed E-state index contributed by atoms with van der Waals surface area (Å²) in [5.41, 5.74) is 2.09. The predicted octanol–water partition coefficient (Wildman–Crippen LogP) is 2.00. The van der Waals surface area contributed by atoms with Gasteiger partial charge in [0.1, 0.15) is 5.82 Å². The molecule has 1 heterocycles. The molecule has 120 valence electrons. The summed E-state index contributed by atoms with van der Waals surface area (Å²) in [6, 6.07) is 8.08. The molecule has 0 atom stereocenters.